The Morgan fingerprint density at radius 3 is 1.36 bits per heavy atom. The highest BCUT2D eigenvalue weighted by molar-refractivity contribution is 8.00. The fourth-order valence-corrected chi connectivity index (χ4v) is 13.0. The largest absolute Gasteiger partial charge is 0.390 e. The number of carbonyl (C=O) groups excluding carboxylic acids is 11. The first kappa shape index (κ1) is 84.2. The molecular weight excluding hydrogens is 1200 g/mol. The standard InChI is InChI=1S/C67H122N12O12S/c1-27-31-32-44(17)55(80)54-59(84)70-47(28-2)61(86)78(26)67(92-34-33-79(29-3)30-4)66(91)75(23)52(42(13)14)58(83)71-51(41(11)12)64(89)72(20)48(35-38(5)6)57(82)68-45(18)56(81)69-46(19)60(85)73(21)49(36-39(7)8)62(87)74(22)50(37-40(9)10)63(88)76(24)53(43(15)16)65(90)77(54)25/h27,31,38-55,67,80H,28-30,32-37H2,1-26H3,(H,68,82)(H,69,81)(H,70,84)(H,71,83)/t44-,45+,46-,47+,48+,49+,50+,51+,52+,53+,54+,55-,67-/m1/s1. The lowest BCUT2D eigenvalue weighted by molar-refractivity contribution is -0.157. The van der Waals surface area contributed by atoms with Crippen LogP contribution < -0.4 is 21.3 Å². The van der Waals surface area contributed by atoms with E-state index in [4.69, 9.17) is 0 Å². The molecule has 92 heavy (non-hydrogen) atoms. The molecule has 0 radical (unpaired) electrons. The number of aliphatic hydroxyl groups is 1. The molecule has 1 heterocycles. The number of nitrogens with zero attached hydrogens (tertiary/aromatic N) is 8. The summed E-state index contributed by atoms with van der Waals surface area (Å²) < 4.78 is 0. The van der Waals surface area contributed by atoms with Crippen LogP contribution in [0, 0.1) is 41.4 Å². The Hall–Kier alpha value is -5.82. The lowest BCUT2D eigenvalue weighted by Gasteiger charge is -2.41. The fourth-order valence-electron chi connectivity index (χ4n) is 11.7. The van der Waals surface area contributed by atoms with E-state index in [9.17, 15) is 29.1 Å². The average molecular weight is 1320 g/mol. The molecule has 0 spiro atoms. The first-order valence-electron chi connectivity index (χ1n) is 33.3. The van der Waals surface area contributed by atoms with Crippen LogP contribution in [0.1, 0.15) is 164 Å². The van der Waals surface area contributed by atoms with Crippen molar-refractivity contribution in [2.24, 2.45) is 41.4 Å². The van der Waals surface area contributed by atoms with Crippen molar-refractivity contribution in [3.05, 3.63) is 12.2 Å². The van der Waals surface area contributed by atoms with Crippen LogP contribution in [-0.2, 0) is 52.7 Å². The maximum atomic E-state index is 15.3. The molecule has 24 nitrogen and oxygen atoms in total. The van der Waals surface area contributed by atoms with Gasteiger partial charge in [0, 0.05) is 61.6 Å². The van der Waals surface area contributed by atoms with Gasteiger partial charge in [0.1, 0.15) is 60.4 Å². The van der Waals surface area contributed by atoms with Crippen molar-refractivity contribution >= 4 is 76.7 Å². The van der Waals surface area contributed by atoms with E-state index >= 15 is 28.8 Å². The Morgan fingerprint density at radius 2 is 0.902 bits per heavy atom. The highest BCUT2D eigenvalue weighted by Gasteiger charge is 2.47. The molecule has 0 bridgehead atoms. The monoisotopic (exact) mass is 1320 g/mol. The van der Waals surface area contributed by atoms with E-state index in [1.807, 2.05) is 68.4 Å². The van der Waals surface area contributed by atoms with Gasteiger partial charge in [0.2, 0.25) is 59.1 Å². The van der Waals surface area contributed by atoms with Crippen LogP contribution >= 0.6 is 11.8 Å². The van der Waals surface area contributed by atoms with Gasteiger partial charge in [-0.3, -0.25) is 52.7 Å². The van der Waals surface area contributed by atoms with E-state index in [1.54, 1.807) is 61.5 Å². The quantitative estimate of drug-likeness (QED) is 0.107. The number of nitrogens with one attached hydrogen (secondary N) is 4. The Kier molecular flexibility index (Phi) is 35.8. The molecule has 1 saturated heterocycles. The van der Waals surface area contributed by atoms with Crippen LogP contribution in [0.25, 0.3) is 0 Å². The minimum Gasteiger partial charge on any atom is -0.390 e. The number of carbonyl (C=O) groups is 11. The van der Waals surface area contributed by atoms with E-state index in [1.165, 1.54) is 104 Å². The van der Waals surface area contributed by atoms with Gasteiger partial charge in [0.25, 0.3) is 5.91 Å². The smallest absolute Gasteiger partial charge is 0.256 e. The molecule has 528 valence electrons. The van der Waals surface area contributed by atoms with Crippen molar-refractivity contribution in [1.82, 2.24) is 60.5 Å². The van der Waals surface area contributed by atoms with Crippen molar-refractivity contribution in [1.29, 1.82) is 0 Å². The van der Waals surface area contributed by atoms with Crippen molar-refractivity contribution in [2.45, 2.75) is 236 Å². The number of hydrogen-bond donors (Lipinski definition) is 5. The van der Waals surface area contributed by atoms with Crippen LogP contribution in [0.2, 0.25) is 0 Å². The normalized spacial score (nSPS) is 26.7. The van der Waals surface area contributed by atoms with Gasteiger partial charge < -0.3 is 65.6 Å². The molecule has 0 saturated carbocycles. The minimum absolute atomic E-state index is 0.00450. The lowest BCUT2D eigenvalue weighted by atomic mass is 9.91. The summed E-state index contributed by atoms with van der Waals surface area (Å²) in [6.45, 7) is 35.7. The van der Waals surface area contributed by atoms with Gasteiger partial charge in [-0.05, 0) is 107 Å². The first-order chi connectivity index (χ1) is 42.6. The molecule has 1 rings (SSSR count). The average Bonchev–Trinajstić information content (AvgIpc) is 0.891. The maximum Gasteiger partial charge on any atom is 0.256 e. The van der Waals surface area contributed by atoms with E-state index in [2.05, 4.69) is 26.2 Å². The molecular formula is C67H122N12O12S. The van der Waals surface area contributed by atoms with Gasteiger partial charge in [-0.2, -0.15) is 0 Å². The summed E-state index contributed by atoms with van der Waals surface area (Å²) in [7, 11) is 10.1. The minimum atomic E-state index is -1.63. The van der Waals surface area contributed by atoms with E-state index < -0.39 is 161 Å². The molecule has 11 amide bonds. The molecule has 0 unspecified atom stereocenters. The third-order valence-electron chi connectivity index (χ3n) is 17.6. The number of hydrogen-bond acceptors (Lipinski definition) is 14. The van der Waals surface area contributed by atoms with Crippen molar-refractivity contribution in [3.8, 4) is 0 Å². The Balaban J connectivity index is 4.53. The zero-order valence-electron chi connectivity index (χ0n) is 60.9. The van der Waals surface area contributed by atoms with Crippen molar-refractivity contribution in [3.63, 3.8) is 0 Å². The molecule has 5 N–H and O–H groups in total. The number of thioether (sulfide) groups is 1. The molecule has 25 heteroatoms. The molecule has 1 fully saturated rings. The summed E-state index contributed by atoms with van der Waals surface area (Å²) >= 11 is 1.18. The van der Waals surface area contributed by atoms with Gasteiger partial charge >= 0.3 is 0 Å². The van der Waals surface area contributed by atoms with Crippen LogP contribution in [0.3, 0.4) is 0 Å². The number of allylic oxidation sites excluding steroid dienone is 2. The molecule has 0 aromatic carbocycles. The van der Waals surface area contributed by atoms with Gasteiger partial charge in [0.05, 0.1) is 6.10 Å². The van der Waals surface area contributed by atoms with Gasteiger partial charge in [-0.15, -0.1) is 11.8 Å². The van der Waals surface area contributed by atoms with E-state index in [-0.39, 0.29) is 43.4 Å². The van der Waals surface area contributed by atoms with Gasteiger partial charge in [-0.25, -0.2) is 0 Å². The topological polar surface area (TPSA) is 282 Å². The number of rotatable bonds is 20. The molecule has 0 aromatic rings. The SMILES string of the molecule is CC=CC[C@@H](C)[C@@H](O)[C@H]1C(=O)N[C@@H](CC)C(=O)N(C)[C@H](SCCN(CC)CC)C(=O)N(C)[C@@H](C(C)C)C(=O)N[C@@H](C(C)C)C(=O)N(C)[C@@H](CC(C)C)C(=O)N[C@@H](C)C(=O)N[C@H](C)C(=O)N(C)[C@@H](CC(C)C)C(=O)N(C)[C@@H](CC(C)C)C(=O)N(C)[C@@H](C(C)C)C(=O)N1C. The molecule has 0 aliphatic carbocycles. The molecule has 1 aliphatic heterocycles. The number of amides is 11. The Bertz CT molecular complexity index is 2490. The van der Waals surface area contributed by atoms with Gasteiger partial charge in [-0.1, -0.05) is 123 Å². The second-order valence-electron chi connectivity index (χ2n) is 27.6. The third kappa shape index (κ3) is 23.3. The summed E-state index contributed by atoms with van der Waals surface area (Å²) in [5, 5.41) is 22.2. The van der Waals surface area contributed by atoms with Crippen molar-refractivity contribution in [2.75, 3.05) is 74.7 Å². The summed E-state index contributed by atoms with van der Waals surface area (Å²) in [5.41, 5.74) is 0. The van der Waals surface area contributed by atoms with Crippen LogP contribution in [0.5, 0.6) is 0 Å². The van der Waals surface area contributed by atoms with Crippen molar-refractivity contribution < 1.29 is 57.8 Å². The van der Waals surface area contributed by atoms with Gasteiger partial charge in [0.15, 0.2) is 5.37 Å². The lowest BCUT2D eigenvalue weighted by Crippen LogP contribution is -2.64. The highest BCUT2D eigenvalue weighted by atomic mass is 32.2. The zero-order valence-corrected chi connectivity index (χ0v) is 61.7. The maximum absolute atomic E-state index is 15.3. The van der Waals surface area contributed by atoms with E-state index in [0.717, 1.165) is 4.90 Å². The summed E-state index contributed by atoms with van der Waals surface area (Å²) in [5.74, 6) is -9.84. The predicted molar refractivity (Wildman–Crippen MR) is 363 cm³/mol. The van der Waals surface area contributed by atoms with Crippen LogP contribution in [0.15, 0.2) is 12.2 Å². The molecule has 13 atom stereocenters. The number of aliphatic hydroxyl groups excluding tert-OH is 1. The Morgan fingerprint density at radius 1 is 0.467 bits per heavy atom. The summed E-state index contributed by atoms with van der Waals surface area (Å²) in [4.78, 5) is 174. The molecule has 0 aromatic heterocycles. The second-order valence-corrected chi connectivity index (χ2v) is 28.8. The third-order valence-corrected chi connectivity index (χ3v) is 18.9. The Labute approximate surface area is 556 Å². The number of likely N-dealkylation sites (N-methyl/N-ethyl adjacent to an activating group) is 7. The van der Waals surface area contributed by atoms with E-state index in [0.29, 0.717) is 31.8 Å². The first-order valence-corrected chi connectivity index (χ1v) is 34.4. The fraction of sp³-hybridized carbons (Fsp3) is 0.806. The van der Waals surface area contributed by atoms with Crippen LogP contribution in [0.4, 0.5) is 0 Å². The summed E-state index contributed by atoms with van der Waals surface area (Å²) in [6.07, 6.45) is 2.84. The predicted octanol–water partition coefficient (Wildman–Crippen LogP) is 4.28. The highest BCUT2D eigenvalue weighted by Crippen LogP contribution is 2.27. The molecule has 1 aliphatic rings. The van der Waals surface area contributed by atoms with Crippen LogP contribution in [-0.4, -0.2) is 256 Å². The second kappa shape index (κ2) is 39.1. The summed E-state index contributed by atoms with van der Waals surface area (Å²) in [6, 6.07) is -12.6. The zero-order chi connectivity index (χ0) is 71.3.